The van der Waals surface area contributed by atoms with E-state index in [1.54, 1.807) is 0 Å². The van der Waals surface area contributed by atoms with Crippen molar-refractivity contribution < 1.29 is 9.85 Å². The molecule has 132 valence electrons. The SMILES string of the molecule is CCNc1nc(NCC)nc(Sc2ccc([N+](=O)[O-])cc2[N+](=O)[O-])n1. The lowest BCUT2D eigenvalue weighted by molar-refractivity contribution is -0.396. The van der Waals surface area contributed by atoms with Gasteiger partial charge in [0, 0.05) is 19.2 Å². The minimum Gasteiger partial charge on any atom is -0.354 e. The van der Waals surface area contributed by atoms with E-state index in [9.17, 15) is 20.2 Å². The van der Waals surface area contributed by atoms with Crippen LogP contribution >= 0.6 is 11.8 Å². The van der Waals surface area contributed by atoms with Crippen molar-refractivity contribution in [1.82, 2.24) is 15.0 Å². The summed E-state index contributed by atoms with van der Waals surface area (Å²) in [6, 6.07) is 3.43. The molecule has 2 rings (SSSR count). The lowest BCUT2D eigenvalue weighted by Gasteiger charge is -2.08. The fourth-order valence-electron chi connectivity index (χ4n) is 1.82. The summed E-state index contributed by atoms with van der Waals surface area (Å²) in [5, 5.41) is 28.2. The fourth-order valence-corrected chi connectivity index (χ4v) is 2.66. The second-order valence-corrected chi connectivity index (χ2v) is 5.60. The number of nitrogens with zero attached hydrogens (tertiary/aromatic N) is 5. The van der Waals surface area contributed by atoms with Gasteiger partial charge in [0.25, 0.3) is 11.4 Å². The first kappa shape index (κ1) is 18.3. The summed E-state index contributed by atoms with van der Waals surface area (Å²) >= 11 is 0.937. The molecule has 12 heteroatoms. The van der Waals surface area contributed by atoms with E-state index in [1.165, 1.54) is 12.1 Å². The number of nitrogens with one attached hydrogen (secondary N) is 2. The van der Waals surface area contributed by atoms with Crippen molar-refractivity contribution in [2.45, 2.75) is 23.9 Å². The van der Waals surface area contributed by atoms with Crippen LogP contribution in [-0.4, -0.2) is 37.9 Å². The second-order valence-electron chi connectivity index (χ2n) is 4.59. The number of non-ortho nitro benzene ring substituents is 1. The highest BCUT2D eigenvalue weighted by molar-refractivity contribution is 7.99. The van der Waals surface area contributed by atoms with Crippen molar-refractivity contribution in [3.8, 4) is 0 Å². The van der Waals surface area contributed by atoms with Crippen LogP contribution in [0.1, 0.15) is 13.8 Å². The Hall–Kier alpha value is -3.02. The molecule has 0 amide bonds. The van der Waals surface area contributed by atoms with Crippen LogP contribution in [0.4, 0.5) is 23.3 Å². The van der Waals surface area contributed by atoms with Gasteiger partial charge in [-0.15, -0.1) is 0 Å². The highest BCUT2D eigenvalue weighted by atomic mass is 32.2. The van der Waals surface area contributed by atoms with Crippen LogP contribution in [0.3, 0.4) is 0 Å². The van der Waals surface area contributed by atoms with Crippen LogP contribution in [0.2, 0.25) is 0 Å². The smallest absolute Gasteiger partial charge is 0.290 e. The number of nitro groups is 2. The molecule has 11 nitrogen and oxygen atoms in total. The lowest BCUT2D eigenvalue weighted by Crippen LogP contribution is -2.09. The Morgan fingerprint density at radius 3 is 2.08 bits per heavy atom. The molecule has 1 heterocycles. The van der Waals surface area contributed by atoms with Gasteiger partial charge in [-0.1, -0.05) is 0 Å². The van der Waals surface area contributed by atoms with E-state index in [1.807, 2.05) is 13.8 Å². The van der Waals surface area contributed by atoms with Gasteiger partial charge in [0.2, 0.25) is 11.9 Å². The van der Waals surface area contributed by atoms with Crippen molar-refractivity contribution in [2.24, 2.45) is 0 Å². The maximum Gasteiger partial charge on any atom is 0.290 e. The Bertz CT molecular complexity index is 778. The van der Waals surface area contributed by atoms with Crippen molar-refractivity contribution in [3.05, 3.63) is 38.4 Å². The average molecular weight is 365 g/mol. The zero-order chi connectivity index (χ0) is 18.4. The topological polar surface area (TPSA) is 149 Å². The summed E-state index contributed by atoms with van der Waals surface area (Å²) in [4.78, 5) is 33.4. The third-order valence-corrected chi connectivity index (χ3v) is 3.77. The molecule has 0 saturated heterocycles. The predicted molar refractivity (Wildman–Crippen MR) is 92.0 cm³/mol. The summed E-state index contributed by atoms with van der Waals surface area (Å²) < 4.78 is 0. The summed E-state index contributed by atoms with van der Waals surface area (Å²) in [5.41, 5.74) is -0.733. The Morgan fingerprint density at radius 1 is 1.00 bits per heavy atom. The van der Waals surface area contributed by atoms with E-state index >= 15 is 0 Å². The molecule has 0 saturated carbocycles. The van der Waals surface area contributed by atoms with Crippen LogP contribution in [0, 0.1) is 20.2 Å². The quantitative estimate of drug-likeness (QED) is 0.528. The van der Waals surface area contributed by atoms with Gasteiger partial charge in [-0.3, -0.25) is 20.2 Å². The number of anilines is 2. The van der Waals surface area contributed by atoms with E-state index in [2.05, 4.69) is 25.6 Å². The van der Waals surface area contributed by atoms with Gasteiger partial charge in [-0.25, -0.2) is 0 Å². The van der Waals surface area contributed by atoms with Gasteiger partial charge in [-0.05, 0) is 31.7 Å². The standard InChI is InChI=1S/C13H15N7O4S/c1-3-14-11-16-12(15-4-2)18-13(17-11)25-10-6-5-8(19(21)22)7-9(10)20(23)24/h5-7H,3-4H2,1-2H3,(H2,14,15,16,17,18). The molecular weight excluding hydrogens is 350 g/mol. The van der Waals surface area contributed by atoms with Crippen molar-refractivity contribution in [2.75, 3.05) is 23.7 Å². The highest BCUT2D eigenvalue weighted by Gasteiger charge is 2.21. The maximum absolute atomic E-state index is 11.2. The first-order valence-electron chi connectivity index (χ1n) is 7.29. The van der Waals surface area contributed by atoms with Gasteiger partial charge in [0.15, 0.2) is 5.16 Å². The largest absolute Gasteiger partial charge is 0.354 e. The minimum atomic E-state index is -0.684. The van der Waals surface area contributed by atoms with Crippen LogP contribution in [-0.2, 0) is 0 Å². The molecule has 0 aliphatic rings. The summed E-state index contributed by atoms with van der Waals surface area (Å²) in [7, 11) is 0. The van der Waals surface area contributed by atoms with E-state index in [-0.39, 0.29) is 21.4 Å². The number of benzene rings is 1. The zero-order valence-corrected chi connectivity index (χ0v) is 14.2. The summed E-state index contributed by atoms with van der Waals surface area (Å²) in [6.45, 7) is 4.95. The molecular formula is C13H15N7O4S. The van der Waals surface area contributed by atoms with Gasteiger partial charge < -0.3 is 10.6 Å². The van der Waals surface area contributed by atoms with Crippen molar-refractivity contribution in [1.29, 1.82) is 0 Å². The third-order valence-electron chi connectivity index (χ3n) is 2.84. The number of aromatic nitrogens is 3. The Labute approximate surface area is 146 Å². The molecule has 1 aromatic heterocycles. The lowest BCUT2D eigenvalue weighted by atomic mass is 10.3. The molecule has 2 N–H and O–H groups in total. The summed E-state index contributed by atoms with van der Waals surface area (Å²) in [6.07, 6.45) is 0. The van der Waals surface area contributed by atoms with E-state index < -0.39 is 9.85 Å². The Kier molecular flexibility index (Phi) is 6.00. The molecule has 2 aromatic rings. The van der Waals surface area contributed by atoms with E-state index in [0.29, 0.717) is 25.0 Å². The van der Waals surface area contributed by atoms with Crippen LogP contribution < -0.4 is 10.6 Å². The molecule has 0 aliphatic heterocycles. The normalized spacial score (nSPS) is 10.3. The second kappa shape index (κ2) is 8.19. The van der Waals surface area contributed by atoms with Crippen LogP contribution in [0.25, 0.3) is 0 Å². The molecule has 0 unspecified atom stereocenters. The third kappa shape index (κ3) is 4.73. The molecule has 0 spiro atoms. The summed E-state index contributed by atoms with van der Waals surface area (Å²) in [5.74, 6) is 0.668. The van der Waals surface area contributed by atoms with Gasteiger partial charge >= 0.3 is 0 Å². The molecule has 0 bridgehead atoms. The minimum absolute atomic E-state index is 0.201. The Balaban J connectivity index is 2.41. The zero-order valence-electron chi connectivity index (χ0n) is 13.4. The Morgan fingerprint density at radius 2 is 1.60 bits per heavy atom. The molecule has 0 radical (unpaired) electrons. The van der Waals surface area contributed by atoms with E-state index in [4.69, 9.17) is 0 Å². The van der Waals surface area contributed by atoms with Gasteiger partial charge in [0.1, 0.15) is 0 Å². The van der Waals surface area contributed by atoms with Crippen LogP contribution in [0.15, 0.2) is 28.3 Å². The molecule has 0 fully saturated rings. The monoisotopic (exact) mass is 365 g/mol. The highest BCUT2D eigenvalue weighted by Crippen LogP contribution is 2.35. The van der Waals surface area contributed by atoms with Crippen molar-refractivity contribution >= 4 is 35.0 Å². The number of hydrogen-bond donors (Lipinski definition) is 2. The first-order valence-corrected chi connectivity index (χ1v) is 8.10. The number of hydrogen-bond acceptors (Lipinski definition) is 10. The van der Waals surface area contributed by atoms with Gasteiger partial charge in [0.05, 0.1) is 20.8 Å². The van der Waals surface area contributed by atoms with Crippen LogP contribution in [0.5, 0.6) is 0 Å². The number of rotatable bonds is 8. The number of nitro benzene ring substituents is 2. The average Bonchev–Trinajstić information content (AvgIpc) is 2.55. The fraction of sp³-hybridized carbons (Fsp3) is 0.308. The first-order chi connectivity index (χ1) is 11.9. The predicted octanol–water partition coefficient (Wildman–Crippen LogP) is 2.70. The van der Waals surface area contributed by atoms with Crippen molar-refractivity contribution in [3.63, 3.8) is 0 Å². The molecule has 0 atom stereocenters. The maximum atomic E-state index is 11.2. The molecule has 0 aliphatic carbocycles. The molecule has 1 aromatic carbocycles. The molecule has 25 heavy (non-hydrogen) atoms. The van der Waals surface area contributed by atoms with Gasteiger partial charge in [-0.2, -0.15) is 15.0 Å². The van der Waals surface area contributed by atoms with E-state index in [0.717, 1.165) is 17.8 Å².